The Labute approximate surface area is 185 Å². The smallest absolute Gasteiger partial charge is 0.189 e. The van der Waals surface area contributed by atoms with Gasteiger partial charge in [0, 0.05) is 39.3 Å². The third-order valence-corrected chi connectivity index (χ3v) is 5.69. The van der Waals surface area contributed by atoms with Crippen molar-refractivity contribution in [1.82, 2.24) is 15.1 Å². The Morgan fingerprint density at radius 1 is 0.903 bits per heavy atom. The summed E-state index contributed by atoms with van der Waals surface area (Å²) in [5.74, 6) is 1.81. The van der Waals surface area contributed by atoms with Gasteiger partial charge in [0.1, 0.15) is 0 Å². The minimum Gasteiger partial charge on any atom is -0.493 e. The average molecular weight is 426 g/mol. The zero-order valence-electron chi connectivity index (χ0n) is 18.9. The van der Waals surface area contributed by atoms with E-state index < -0.39 is 0 Å². The normalized spacial score (nSPS) is 15.6. The molecule has 0 radical (unpaired) electrons. The third kappa shape index (κ3) is 6.87. The lowest BCUT2D eigenvalue weighted by molar-refractivity contribution is 0.132. The Kier molecular flexibility index (Phi) is 8.55. The highest BCUT2D eigenvalue weighted by Crippen LogP contribution is 2.27. The SMILES string of the molecule is CCN1CCN(Cc2ccc(CNC(N)=NCc3ccc(OC)c(OC)c3)cc2)CC1. The molecule has 1 heterocycles. The molecule has 31 heavy (non-hydrogen) atoms. The number of guanidine groups is 1. The molecule has 0 spiro atoms. The zero-order chi connectivity index (χ0) is 22.1. The van der Waals surface area contributed by atoms with Gasteiger partial charge < -0.3 is 25.4 Å². The molecule has 168 valence electrons. The summed E-state index contributed by atoms with van der Waals surface area (Å²) in [6, 6.07) is 14.5. The molecule has 0 aliphatic carbocycles. The first-order valence-electron chi connectivity index (χ1n) is 10.9. The Bertz CT molecular complexity index is 846. The number of benzene rings is 2. The molecule has 0 aromatic heterocycles. The van der Waals surface area contributed by atoms with E-state index in [1.165, 1.54) is 24.2 Å². The van der Waals surface area contributed by atoms with Gasteiger partial charge in [-0.1, -0.05) is 37.3 Å². The van der Waals surface area contributed by atoms with Crippen LogP contribution in [0.15, 0.2) is 47.5 Å². The summed E-state index contributed by atoms with van der Waals surface area (Å²) in [6.07, 6.45) is 0. The number of nitrogens with two attached hydrogens (primary N) is 1. The van der Waals surface area contributed by atoms with Crippen LogP contribution in [0.4, 0.5) is 0 Å². The molecule has 3 N–H and O–H groups in total. The molecular weight excluding hydrogens is 390 g/mol. The van der Waals surface area contributed by atoms with Gasteiger partial charge in [-0.05, 0) is 35.4 Å². The number of aliphatic imine (C=N–C) groups is 1. The highest BCUT2D eigenvalue weighted by atomic mass is 16.5. The summed E-state index contributed by atoms with van der Waals surface area (Å²) in [4.78, 5) is 9.45. The van der Waals surface area contributed by atoms with Crippen molar-refractivity contribution in [3.05, 3.63) is 59.2 Å². The second-order valence-corrected chi connectivity index (χ2v) is 7.77. The van der Waals surface area contributed by atoms with Gasteiger partial charge in [-0.25, -0.2) is 4.99 Å². The van der Waals surface area contributed by atoms with E-state index in [2.05, 4.69) is 51.3 Å². The van der Waals surface area contributed by atoms with Gasteiger partial charge in [-0.2, -0.15) is 0 Å². The van der Waals surface area contributed by atoms with Crippen LogP contribution in [0.3, 0.4) is 0 Å². The molecule has 1 fully saturated rings. The standard InChI is InChI=1S/C24H35N5O2/c1-4-28-11-13-29(14-12-28)18-20-7-5-19(6-8-20)16-26-24(25)27-17-21-9-10-22(30-2)23(15-21)31-3/h5-10,15H,4,11-14,16-18H2,1-3H3,(H3,25,26,27). The van der Waals surface area contributed by atoms with Crippen molar-refractivity contribution in [3.8, 4) is 11.5 Å². The average Bonchev–Trinajstić information content (AvgIpc) is 2.82. The number of methoxy groups -OCH3 is 2. The summed E-state index contributed by atoms with van der Waals surface area (Å²) in [6.45, 7) is 10.1. The summed E-state index contributed by atoms with van der Waals surface area (Å²) >= 11 is 0. The number of likely N-dealkylation sites (N-methyl/N-ethyl adjacent to an activating group) is 1. The molecular formula is C24H35N5O2. The van der Waals surface area contributed by atoms with Crippen LogP contribution in [-0.4, -0.2) is 62.7 Å². The highest BCUT2D eigenvalue weighted by Gasteiger charge is 2.15. The van der Waals surface area contributed by atoms with Crippen LogP contribution in [0, 0.1) is 0 Å². The van der Waals surface area contributed by atoms with Crippen molar-refractivity contribution in [2.24, 2.45) is 10.7 Å². The van der Waals surface area contributed by atoms with Crippen LogP contribution in [0.25, 0.3) is 0 Å². The lowest BCUT2D eigenvalue weighted by Crippen LogP contribution is -2.45. The number of ether oxygens (including phenoxy) is 2. The number of hydrogen-bond acceptors (Lipinski definition) is 5. The van der Waals surface area contributed by atoms with E-state index in [4.69, 9.17) is 15.2 Å². The largest absolute Gasteiger partial charge is 0.493 e. The zero-order valence-corrected chi connectivity index (χ0v) is 18.9. The summed E-state index contributed by atoms with van der Waals surface area (Å²) in [5.41, 5.74) is 9.59. The van der Waals surface area contributed by atoms with E-state index in [1.54, 1.807) is 14.2 Å². The fraction of sp³-hybridized carbons (Fsp3) is 0.458. The predicted molar refractivity (Wildman–Crippen MR) is 126 cm³/mol. The van der Waals surface area contributed by atoms with Gasteiger partial charge in [-0.3, -0.25) is 4.90 Å². The highest BCUT2D eigenvalue weighted by molar-refractivity contribution is 5.77. The summed E-state index contributed by atoms with van der Waals surface area (Å²) in [5, 5.41) is 3.19. The second-order valence-electron chi connectivity index (χ2n) is 7.77. The van der Waals surface area contributed by atoms with Crippen molar-refractivity contribution < 1.29 is 9.47 Å². The molecule has 2 aromatic rings. The van der Waals surface area contributed by atoms with Crippen LogP contribution in [-0.2, 0) is 19.6 Å². The van der Waals surface area contributed by atoms with Crippen molar-refractivity contribution in [2.45, 2.75) is 26.6 Å². The van der Waals surface area contributed by atoms with Crippen LogP contribution < -0.4 is 20.5 Å². The Morgan fingerprint density at radius 2 is 1.52 bits per heavy atom. The first-order chi connectivity index (χ1) is 15.1. The molecule has 2 aromatic carbocycles. The Balaban J connectivity index is 1.45. The molecule has 0 unspecified atom stereocenters. The van der Waals surface area contributed by atoms with Gasteiger partial charge in [0.05, 0.1) is 20.8 Å². The summed E-state index contributed by atoms with van der Waals surface area (Å²) < 4.78 is 10.6. The third-order valence-electron chi connectivity index (χ3n) is 5.69. The second kappa shape index (κ2) is 11.6. The molecule has 0 atom stereocenters. The van der Waals surface area contributed by atoms with E-state index in [9.17, 15) is 0 Å². The fourth-order valence-electron chi connectivity index (χ4n) is 3.69. The number of rotatable bonds is 9. The van der Waals surface area contributed by atoms with Crippen LogP contribution in [0.1, 0.15) is 23.6 Å². The van der Waals surface area contributed by atoms with Gasteiger partial charge in [0.15, 0.2) is 17.5 Å². The molecule has 1 aliphatic heterocycles. The number of nitrogens with zero attached hydrogens (tertiary/aromatic N) is 3. The van der Waals surface area contributed by atoms with E-state index in [0.29, 0.717) is 30.5 Å². The lowest BCUT2D eigenvalue weighted by Gasteiger charge is -2.34. The van der Waals surface area contributed by atoms with Gasteiger partial charge >= 0.3 is 0 Å². The summed E-state index contributed by atoms with van der Waals surface area (Å²) in [7, 11) is 3.25. The van der Waals surface area contributed by atoms with Gasteiger partial charge in [0.25, 0.3) is 0 Å². The Morgan fingerprint density at radius 3 is 2.16 bits per heavy atom. The fourth-order valence-corrected chi connectivity index (χ4v) is 3.69. The van der Waals surface area contributed by atoms with E-state index in [1.807, 2.05) is 18.2 Å². The maximum Gasteiger partial charge on any atom is 0.189 e. The van der Waals surface area contributed by atoms with E-state index in [-0.39, 0.29) is 0 Å². The van der Waals surface area contributed by atoms with Gasteiger partial charge in [0.2, 0.25) is 0 Å². The predicted octanol–water partition coefficient (Wildman–Crippen LogP) is 2.45. The molecule has 1 saturated heterocycles. The quantitative estimate of drug-likeness (QED) is 0.475. The minimum absolute atomic E-state index is 0.424. The molecule has 0 amide bonds. The van der Waals surface area contributed by atoms with Crippen LogP contribution in [0.5, 0.6) is 11.5 Å². The molecule has 7 nitrogen and oxygen atoms in total. The van der Waals surface area contributed by atoms with Crippen LogP contribution >= 0.6 is 0 Å². The van der Waals surface area contributed by atoms with E-state index in [0.717, 1.165) is 31.7 Å². The topological polar surface area (TPSA) is 75.4 Å². The van der Waals surface area contributed by atoms with Crippen LogP contribution in [0.2, 0.25) is 0 Å². The molecule has 7 heteroatoms. The number of hydrogen-bond donors (Lipinski definition) is 2. The van der Waals surface area contributed by atoms with Gasteiger partial charge in [-0.15, -0.1) is 0 Å². The molecule has 0 saturated carbocycles. The monoisotopic (exact) mass is 425 g/mol. The maximum absolute atomic E-state index is 6.04. The number of piperazine rings is 1. The van der Waals surface area contributed by atoms with Crippen molar-refractivity contribution in [2.75, 3.05) is 46.9 Å². The molecule has 0 bridgehead atoms. The first kappa shape index (κ1) is 22.9. The molecule has 1 aliphatic rings. The first-order valence-corrected chi connectivity index (χ1v) is 10.9. The number of nitrogens with one attached hydrogen (secondary N) is 1. The Hall–Kier alpha value is -2.77. The van der Waals surface area contributed by atoms with Crippen molar-refractivity contribution in [1.29, 1.82) is 0 Å². The van der Waals surface area contributed by atoms with Crippen molar-refractivity contribution >= 4 is 5.96 Å². The minimum atomic E-state index is 0.424. The lowest BCUT2D eigenvalue weighted by atomic mass is 10.1. The molecule has 3 rings (SSSR count). The van der Waals surface area contributed by atoms with E-state index >= 15 is 0 Å². The maximum atomic E-state index is 6.04. The van der Waals surface area contributed by atoms with Crippen molar-refractivity contribution in [3.63, 3.8) is 0 Å².